The summed E-state index contributed by atoms with van der Waals surface area (Å²) in [6.07, 6.45) is -2.95. The van der Waals surface area contributed by atoms with E-state index in [9.17, 15) is 18.0 Å². The van der Waals surface area contributed by atoms with Crippen molar-refractivity contribution in [2.45, 2.75) is 19.1 Å². The smallest absolute Gasteiger partial charge is 0.411 e. The molecule has 1 N–H and O–H groups in total. The number of methoxy groups -OCH3 is 1. The highest BCUT2D eigenvalue weighted by Crippen LogP contribution is 2.14. The predicted octanol–water partition coefficient (Wildman–Crippen LogP) is 1.68. The molecule has 0 aliphatic carbocycles. The summed E-state index contributed by atoms with van der Waals surface area (Å²) in [6, 6.07) is 3.38. The van der Waals surface area contributed by atoms with Crippen LogP contribution in [-0.2, 0) is 16.1 Å². The van der Waals surface area contributed by atoms with Gasteiger partial charge in [-0.25, -0.2) is 4.98 Å². The molecule has 0 fully saturated rings. The fourth-order valence-electron chi connectivity index (χ4n) is 1.28. The highest BCUT2D eigenvalue weighted by molar-refractivity contribution is 5.75. The van der Waals surface area contributed by atoms with Crippen LogP contribution in [0, 0.1) is 0 Å². The van der Waals surface area contributed by atoms with Crippen LogP contribution >= 0.6 is 0 Å². The van der Waals surface area contributed by atoms with E-state index < -0.39 is 12.8 Å². The van der Waals surface area contributed by atoms with Crippen LogP contribution in [0.25, 0.3) is 0 Å². The molecule has 0 radical (unpaired) electrons. The van der Waals surface area contributed by atoms with E-state index in [2.05, 4.69) is 15.0 Å². The van der Waals surface area contributed by atoms with Crippen molar-refractivity contribution in [2.75, 3.05) is 20.3 Å². The van der Waals surface area contributed by atoms with Gasteiger partial charge < -0.3 is 14.8 Å². The predicted molar refractivity (Wildman–Crippen MR) is 64.1 cm³/mol. The quantitative estimate of drug-likeness (QED) is 0.777. The molecule has 0 bridgehead atoms. The minimum atomic E-state index is -4.37. The van der Waals surface area contributed by atoms with Crippen molar-refractivity contribution in [1.29, 1.82) is 0 Å². The lowest BCUT2D eigenvalue weighted by Gasteiger charge is -2.08. The van der Waals surface area contributed by atoms with E-state index in [1.165, 1.54) is 7.11 Å². The molecule has 20 heavy (non-hydrogen) atoms. The molecule has 1 amide bonds. The van der Waals surface area contributed by atoms with Crippen molar-refractivity contribution >= 4 is 5.91 Å². The second-order valence-corrected chi connectivity index (χ2v) is 3.90. The fourth-order valence-corrected chi connectivity index (χ4v) is 1.28. The van der Waals surface area contributed by atoms with Crippen LogP contribution in [0.15, 0.2) is 18.3 Å². The number of hydrogen-bond donors (Lipinski definition) is 1. The van der Waals surface area contributed by atoms with Crippen molar-refractivity contribution in [3.8, 4) is 5.88 Å². The number of amides is 1. The summed E-state index contributed by atoms with van der Waals surface area (Å²) in [5, 5.41) is 2.55. The molecule has 1 aromatic heterocycles. The number of carbonyl (C=O) groups excluding carboxylic acids is 1. The van der Waals surface area contributed by atoms with Crippen molar-refractivity contribution < 1.29 is 27.4 Å². The summed E-state index contributed by atoms with van der Waals surface area (Å²) in [7, 11) is 1.49. The van der Waals surface area contributed by atoms with Gasteiger partial charge >= 0.3 is 6.18 Å². The Balaban J connectivity index is 2.19. The van der Waals surface area contributed by atoms with Gasteiger partial charge in [0.25, 0.3) is 0 Å². The van der Waals surface area contributed by atoms with Gasteiger partial charge in [0, 0.05) is 25.2 Å². The summed E-state index contributed by atoms with van der Waals surface area (Å²) in [5.41, 5.74) is 0.760. The number of nitrogens with one attached hydrogen (secondary N) is 1. The molecule has 1 aromatic rings. The van der Waals surface area contributed by atoms with Gasteiger partial charge in [0.1, 0.15) is 6.61 Å². The lowest BCUT2D eigenvalue weighted by molar-refractivity contribution is -0.174. The zero-order valence-corrected chi connectivity index (χ0v) is 10.9. The van der Waals surface area contributed by atoms with E-state index >= 15 is 0 Å². The first-order valence-corrected chi connectivity index (χ1v) is 5.81. The Hall–Kier alpha value is -1.83. The van der Waals surface area contributed by atoms with Crippen LogP contribution in [0.4, 0.5) is 13.2 Å². The Bertz CT molecular complexity index is 421. The highest BCUT2D eigenvalue weighted by atomic mass is 19.4. The summed E-state index contributed by atoms with van der Waals surface area (Å²) >= 11 is 0. The Morgan fingerprint density at radius 1 is 1.40 bits per heavy atom. The van der Waals surface area contributed by atoms with Crippen LogP contribution in [0.3, 0.4) is 0 Å². The third-order valence-corrected chi connectivity index (χ3v) is 2.24. The molecule has 1 heterocycles. The summed E-state index contributed by atoms with van der Waals surface area (Å²) in [6.45, 7) is -1.37. The van der Waals surface area contributed by atoms with Crippen LogP contribution in [-0.4, -0.2) is 37.4 Å². The first kappa shape index (κ1) is 16.2. The molecule has 0 atom stereocenters. The maximum Gasteiger partial charge on any atom is 0.411 e. The zero-order valence-electron chi connectivity index (χ0n) is 10.9. The Labute approximate surface area is 114 Å². The number of nitrogens with zero attached hydrogens (tertiary/aromatic N) is 1. The number of ether oxygens (including phenoxy) is 2. The molecule has 0 aliphatic rings. The zero-order chi connectivity index (χ0) is 15.0. The number of aromatic nitrogens is 1. The van der Waals surface area contributed by atoms with Gasteiger partial charge in [-0.1, -0.05) is 6.07 Å². The van der Waals surface area contributed by atoms with E-state index in [4.69, 9.17) is 4.74 Å². The van der Waals surface area contributed by atoms with Gasteiger partial charge in [-0.05, 0) is 5.56 Å². The second kappa shape index (κ2) is 7.68. The normalized spacial score (nSPS) is 11.2. The SMILES string of the molecule is COc1ccc(CNC(=O)CCOCC(F)(F)F)cn1. The first-order chi connectivity index (χ1) is 9.40. The molecule has 0 saturated heterocycles. The number of pyridine rings is 1. The van der Waals surface area contributed by atoms with Crippen LogP contribution < -0.4 is 10.1 Å². The minimum Gasteiger partial charge on any atom is -0.481 e. The Kier molecular flexibility index (Phi) is 6.23. The molecular formula is C12H15F3N2O3. The summed E-state index contributed by atoms with van der Waals surface area (Å²) in [5.74, 6) is 0.0728. The molecule has 0 saturated carbocycles. The van der Waals surface area contributed by atoms with Gasteiger partial charge in [0.15, 0.2) is 0 Å². The monoisotopic (exact) mass is 292 g/mol. The molecule has 8 heteroatoms. The van der Waals surface area contributed by atoms with Gasteiger partial charge in [-0.3, -0.25) is 4.79 Å². The van der Waals surface area contributed by atoms with E-state index in [0.717, 1.165) is 5.56 Å². The maximum atomic E-state index is 11.8. The number of rotatable bonds is 7. The second-order valence-electron chi connectivity index (χ2n) is 3.90. The maximum absolute atomic E-state index is 11.8. The minimum absolute atomic E-state index is 0.125. The van der Waals surface area contributed by atoms with Crippen LogP contribution in [0.2, 0.25) is 0 Å². The van der Waals surface area contributed by atoms with E-state index in [1.807, 2.05) is 0 Å². The molecule has 0 spiro atoms. The average molecular weight is 292 g/mol. The Morgan fingerprint density at radius 3 is 2.70 bits per heavy atom. The van der Waals surface area contributed by atoms with Gasteiger partial charge in [0.2, 0.25) is 11.8 Å². The van der Waals surface area contributed by atoms with E-state index in [1.54, 1.807) is 18.3 Å². The van der Waals surface area contributed by atoms with Crippen LogP contribution in [0.5, 0.6) is 5.88 Å². The molecule has 0 aromatic carbocycles. The van der Waals surface area contributed by atoms with E-state index in [-0.39, 0.29) is 25.5 Å². The molecule has 0 aliphatic heterocycles. The third kappa shape index (κ3) is 6.93. The van der Waals surface area contributed by atoms with Crippen molar-refractivity contribution in [3.63, 3.8) is 0 Å². The van der Waals surface area contributed by atoms with Crippen LogP contribution in [0.1, 0.15) is 12.0 Å². The topological polar surface area (TPSA) is 60.5 Å². The molecule has 0 unspecified atom stereocenters. The number of halogens is 3. The number of hydrogen-bond acceptors (Lipinski definition) is 4. The first-order valence-electron chi connectivity index (χ1n) is 5.81. The Morgan fingerprint density at radius 2 is 2.15 bits per heavy atom. The van der Waals surface area contributed by atoms with E-state index in [0.29, 0.717) is 5.88 Å². The summed E-state index contributed by atoms with van der Waals surface area (Å²) in [4.78, 5) is 15.3. The van der Waals surface area contributed by atoms with Gasteiger partial charge in [-0.2, -0.15) is 13.2 Å². The third-order valence-electron chi connectivity index (χ3n) is 2.24. The highest BCUT2D eigenvalue weighted by Gasteiger charge is 2.27. The van der Waals surface area contributed by atoms with Crippen molar-refractivity contribution in [3.05, 3.63) is 23.9 Å². The van der Waals surface area contributed by atoms with Gasteiger partial charge in [-0.15, -0.1) is 0 Å². The largest absolute Gasteiger partial charge is 0.481 e. The fraction of sp³-hybridized carbons (Fsp3) is 0.500. The van der Waals surface area contributed by atoms with Crippen molar-refractivity contribution in [1.82, 2.24) is 10.3 Å². The standard InChI is InChI=1S/C12H15F3N2O3/c1-19-11-3-2-9(7-17-11)6-16-10(18)4-5-20-8-12(13,14)15/h2-3,7H,4-6,8H2,1H3,(H,16,18). The average Bonchev–Trinajstić information content (AvgIpc) is 2.41. The number of alkyl halides is 3. The molecule has 1 rings (SSSR count). The molecule has 112 valence electrons. The molecular weight excluding hydrogens is 277 g/mol. The van der Waals surface area contributed by atoms with Gasteiger partial charge in [0.05, 0.1) is 13.7 Å². The lowest BCUT2D eigenvalue weighted by atomic mass is 10.3. The van der Waals surface area contributed by atoms with Crippen molar-refractivity contribution in [2.24, 2.45) is 0 Å². The lowest BCUT2D eigenvalue weighted by Crippen LogP contribution is -2.25. The summed E-state index contributed by atoms with van der Waals surface area (Å²) < 4.78 is 44.5. The number of carbonyl (C=O) groups is 1. The molecule has 5 nitrogen and oxygen atoms in total.